The van der Waals surface area contributed by atoms with E-state index in [-0.39, 0.29) is 29.3 Å². The Labute approximate surface area is 274 Å². The summed E-state index contributed by atoms with van der Waals surface area (Å²) in [5, 5.41) is 13.4. The minimum atomic E-state index is -3.27. The van der Waals surface area contributed by atoms with Crippen molar-refractivity contribution in [2.75, 3.05) is 33.1 Å². The van der Waals surface area contributed by atoms with E-state index in [2.05, 4.69) is 20.8 Å². The minimum Gasteiger partial charge on any atom is -0.491 e. The molecule has 3 N–H and O–H groups in total. The highest BCUT2D eigenvalue weighted by Gasteiger charge is 2.33. The van der Waals surface area contributed by atoms with E-state index in [1.165, 1.54) is 25.5 Å². The van der Waals surface area contributed by atoms with E-state index in [0.29, 0.717) is 44.0 Å². The number of aromatic nitrogens is 2. The van der Waals surface area contributed by atoms with Crippen LogP contribution in [0.1, 0.15) is 34.7 Å². The number of ether oxygens (including phenoxy) is 3. The highest BCUT2D eigenvalue weighted by atomic mass is 32.2. The maximum Gasteiger partial charge on any atom is 0.407 e. The number of H-pyrrole nitrogens is 1. The van der Waals surface area contributed by atoms with E-state index in [1.54, 1.807) is 18.3 Å². The Morgan fingerprint density at radius 3 is 2.21 bits per heavy atom. The third-order valence-electron chi connectivity index (χ3n) is 8.17. The van der Waals surface area contributed by atoms with Crippen LogP contribution < -0.4 is 15.4 Å². The number of aromatic amines is 1. The number of Topliss-reactive ketones (excluding diaryl/α,β-unsaturated/α-hetero) is 1. The highest BCUT2D eigenvalue weighted by Crippen LogP contribution is 2.30. The molecular formula is C35H40N4O7S. The van der Waals surface area contributed by atoms with Crippen molar-refractivity contribution in [3.05, 3.63) is 114 Å². The lowest BCUT2D eigenvalue weighted by atomic mass is 9.82. The Bertz CT molecular complexity index is 1670. The molecule has 1 aliphatic rings. The van der Waals surface area contributed by atoms with Crippen LogP contribution in [0.15, 0.2) is 96.0 Å². The number of morpholine rings is 1. The molecular weight excluding hydrogens is 620 g/mol. The third kappa shape index (κ3) is 9.28. The van der Waals surface area contributed by atoms with Crippen molar-refractivity contribution < 1.29 is 32.2 Å². The molecule has 0 saturated carbocycles. The van der Waals surface area contributed by atoms with Gasteiger partial charge in [-0.1, -0.05) is 60.7 Å². The van der Waals surface area contributed by atoms with Crippen molar-refractivity contribution >= 4 is 21.7 Å². The van der Waals surface area contributed by atoms with Crippen molar-refractivity contribution in [3.8, 4) is 5.75 Å². The van der Waals surface area contributed by atoms with E-state index in [0.717, 1.165) is 16.7 Å². The molecule has 0 bridgehead atoms. The molecule has 3 aromatic carbocycles. The Balaban J connectivity index is 1.22. The number of ketones is 1. The van der Waals surface area contributed by atoms with E-state index < -0.39 is 27.9 Å². The van der Waals surface area contributed by atoms with Crippen LogP contribution in [0.25, 0.3) is 0 Å². The van der Waals surface area contributed by atoms with Crippen molar-refractivity contribution in [1.29, 1.82) is 0 Å². The summed E-state index contributed by atoms with van der Waals surface area (Å²) < 4.78 is 40.5. The van der Waals surface area contributed by atoms with Crippen LogP contribution in [0, 0.1) is 0 Å². The number of sulfone groups is 1. The van der Waals surface area contributed by atoms with Gasteiger partial charge in [0.1, 0.15) is 24.5 Å². The molecule has 4 aromatic rings. The zero-order valence-corrected chi connectivity index (χ0v) is 27.2. The molecule has 12 heteroatoms. The lowest BCUT2D eigenvalue weighted by Crippen LogP contribution is -2.47. The summed E-state index contributed by atoms with van der Waals surface area (Å²) in [7, 11) is -1.99. The minimum absolute atomic E-state index is 0.0402. The van der Waals surface area contributed by atoms with Gasteiger partial charge in [0.2, 0.25) is 0 Å². The lowest BCUT2D eigenvalue weighted by Gasteiger charge is -2.31. The second-order valence-electron chi connectivity index (χ2n) is 11.6. The van der Waals surface area contributed by atoms with E-state index in [9.17, 15) is 18.0 Å². The maximum atomic E-state index is 14.0. The molecule has 0 spiro atoms. The van der Waals surface area contributed by atoms with Gasteiger partial charge in [-0.15, -0.1) is 0 Å². The van der Waals surface area contributed by atoms with Gasteiger partial charge in [0.15, 0.2) is 15.6 Å². The van der Waals surface area contributed by atoms with E-state index in [1.807, 2.05) is 60.7 Å². The molecule has 0 aliphatic carbocycles. The summed E-state index contributed by atoms with van der Waals surface area (Å²) in [4.78, 5) is 26.7. The fraction of sp³-hybridized carbons (Fsp3) is 0.343. The Morgan fingerprint density at radius 1 is 0.957 bits per heavy atom. The normalized spacial score (nSPS) is 17.2. The zero-order chi connectivity index (χ0) is 33.2. The van der Waals surface area contributed by atoms with Crippen LogP contribution in [0.5, 0.6) is 5.75 Å². The van der Waals surface area contributed by atoms with Crippen molar-refractivity contribution in [2.24, 2.45) is 0 Å². The summed E-state index contributed by atoms with van der Waals surface area (Å²) in [5.41, 5.74) is 3.38. The van der Waals surface area contributed by atoms with Crippen LogP contribution in [-0.2, 0) is 36.9 Å². The molecule has 5 rings (SSSR count). The van der Waals surface area contributed by atoms with Crippen molar-refractivity contribution in [2.45, 2.75) is 48.3 Å². The van der Waals surface area contributed by atoms with Gasteiger partial charge < -0.3 is 24.8 Å². The van der Waals surface area contributed by atoms with E-state index in [4.69, 9.17) is 14.2 Å². The average molecular weight is 661 g/mol. The number of nitrogens with one attached hydrogen (secondary N) is 3. The highest BCUT2D eigenvalue weighted by molar-refractivity contribution is 7.90. The fourth-order valence-corrected chi connectivity index (χ4v) is 6.39. The maximum absolute atomic E-state index is 14.0. The molecule has 2 heterocycles. The number of benzene rings is 3. The number of hydrogen-bond donors (Lipinski definition) is 3. The number of aryl methyl sites for hydroxylation is 1. The number of nitrogens with zero attached hydrogens (tertiary/aromatic N) is 1. The van der Waals surface area contributed by atoms with Crippen molar-refractivity contribution in [3.63, 3.8) is 0 Å². The monoisotopic (exact) mass is 660 g/mol. The molecule has 1 fully saturated rings. The molecule has 11 nitrogen and oxygen atoms in total. The molecule has 1 saturated heterocycles. The molecule has 248 valence electrons. The fourth-order valence-electron chi connectivity index (χ4n) is 5.75. The Morgan fingerprint density at radius 2 is 1.60 bits per heavy atom. The van der Waals surface area contributed by atoms with Crippen LogP contribution >= 0.6 is 0 Å². The summed E-state index contributed by atoms with van der Waals surface area (Å²) >= 11 is 0. The van der Waals surface area contributed by atoms with Gasteiger partial charge >= 0.3 is 6.09 Å². The molecule has 47 heavy (non-hydrogen) atoms. The van der Waals surface area contributed by atoms with Crippen LogP contribution in [0.4, 0.5) is 4.79 Å². The average Bonchev–Trinajstić information content (AvgIpc) is 3.53. The second-order valence-corrected chi connectivity index (χ2v) is 13.6. The first-order valence-corrected chi connectivity index (χ1v) is 17.4. The number of methoxy groups -OCH3 is 1. The zero-order valence-electron chi connectivity index (χ0n) is 26.4. The van der Waals surface area contributed by atoms with Gasteiger partial charge in [-0.2, -0.15) is 5.10 Å². The van der Waals surface area contributed by atoms with Crippen LogP contribution in [0.3, 0.4) is 0 Å². The lowest BCUT2D eigenvalue weighted by molar-refractivity contribution is -0.120. The van der Waals surface area contributed by atoms with Gasteiger partial charge in [0.05, 0.1) is 30.7 Å². The van der Waals surface area contributed by atoms with Gasteiger partial charge in [0, 0.05) is 31.0 Å². The number of carbonyl (C=O) groups is 2. The summed E-state index contributed by atoms with van der Waals surface area (Å²) in [5.74, 6) is -0.0533. The first-order valence-electron chi connectivity index (χ1n) is 15.5. The van der Waals surface area contributed by atoms with Gasteiger partial charge in [-0.25, -0.2) is 13.2 Å². The van der Waals surface area contributed by atoms with E-state index >= 15 is 0 Å². The smallest absolute Gasteiger partial charge is 0.407 e. The predicted molar refractivity (Wildman–Crippen MR) is 176 cm³/mol. The first kappa shape index (κ1) is 33.8. The first-order chi connectivity index (χ1) is 22.7. The molecule has 1 aliphatic heterocycles. The van der Waals surface area contributed by atoms with Gasteiger partial charge in [-0.05, 0) is 53.8 Å². The standard InChI is InChI=1S/C35H40N4O7S/c1-44-35(41)38-34(33(24-9-5-3-6-10-24)25-11-7-4-8-12-25)32(40)19-31-26(20-37-39-31)13-14-28-21-36-22-29(46-28)23-45-27-15-17-30(18-16-27)47(2,42)43/h3-12,15-18,20,28-29,33-34,36H,13-14,19,21-23H2,1-2H3,(H,37,39)(H,38,41)/t28-,29+,34-/m1/s1. The summed E-state index contributed by atoms with van der Waals surface area (Å²) in [6.45, 7) is 1.61. The Hall–Kier alpha value is -4.52. The van der Waals surface area contributed by atoms with Gasteiger partial charge in [-0.3, -0.25) is 9.89 Å². The molecule has 1 amide bonds. The van der Waals surface area contributed by atoms with Crippen LogP contribution in [0.2, 0.25) is 0 Å². The quantitative estimate of drug-likeness (QED) is 0.183. The molecule has 0 radical (unpaired) electrons. The number of amides is 1. The topological polar surface area (TPSA) is 149 Å². The largest absolute Gasteiger partial charge is 0.491 e. The van der Waals surface area contributed by atoms with Crippen molar-refractivity contribution in [1.82, 2.24) is 20.8 Å². The second kappa shape index (κ2) is 15.9. The SMILES string of the molecule is COC(=O)N[C@H](C(=O)Cc1[nH]ncc1CC[C@@H]1CNC[C@@H](COc2ccc(S(C)(=O)=O)cc2)O1)C(c1ccccc1)c1ccccc1. The number of hydrogen-bond acceptors (Lipinski definition) is 9. The summed E-state index contributed by atoms with van der Waals surface area (Å²) in [6, 6.07) is 24.7. The number of rotatable bonds is 14. The number of carbonyl (C=O) groups excluding carboxylic acids is 2. The molecule has 3 atom stereocenters. The predicted octanol–water partition coefficient (Wildman–Crippen LogP) is 3.85. The Kier molecular flexibility index (Phi) is 11.4. The van der Waals surface area contributed by atoms with Gasteiger partial charge in [0.25, 0.3) is 0 Å². The third-order valence-corrected chi connectivity index (χ3v) is 9.30. The molecule has 1 aromatic heterocycles. The summed E-state index contributed by atoms with van der Waals surface area (Å²) in [6.07, 6.45) is 3.30. The van der Waals surface area contributed by atoms with Crippen LogP contribution in [-0.4, -0.2) is 81.8 Å². The number of alkyl carbamates (subject to hydrolysis) is 1. The molecule has 0 unspecified atom stereocenters.